The molecular formula is C23H33N3O5S. The number of carbonyl (C=O) groups excluding carboxylic acids is 1. The van der Waals surface area contributed by atoms with E-state index in [0.717, 1.165) is 19.3 Å². The van der Waals surface area contributed by atoms with E-state index in [2.05, 4.69) is 4.72 Å². The predicted molar refractivity (Wildman–Crippen MR) is 124 cm³/mol. The van der Waals surface area contributed by atoms with Crippen molar-refractivity contribution in [3.05, 3.63) is 35.2 Å². The molecule has 1 aromatic carbocycles. The van der Waals surface area contributed by atoms with E-state index in [1.54, 1.807) is 48.6 Å². The van der Waals surface area contributed by atoms with Crippen molar-refractivity contribution < 1.29 is 22.7 Å². The Bertz CT molecular complexity index is 1090. The summed E-state index contributed by atoms with van der Waals surface area (Å²) < 4.78 is 42.8. The van der Waals surface area contributed by atoms with Crippen LogP contribution in [0.2, 0.25) is 0 Å². The van der Waals surface area contributed by atoms with Crippen LogP contribution < -0.4 is 14.2 Å². The Morgan fingerprint density at radius 3 is 2.31 bits per heavy atom. The molecule has 0 aliphatic carbocycles. The van der Waals surface area contributed by atoms with Gasteiger partial charge in [0.25, 0.3) is 15.9 Å². The molecule has 0 saturated carbocycles. The van der Waals surface area contributed by atoms with E-state index in [0.29, 0.717) is 49.2 Å². The van der Waals surface area contributed by atoms with E-state index in [9.17, 15) is 13.2 Å². The third kappa shape index (κ3) is 4.72. The van der Waals surface area contributed by atoms with Crippen molar-refractivity contribution in [2.45, 2.75) is 51.9 Å². The molecule has 0 bridgehead atoms. The molecule has 1 amide bonds. The van der Waals surface area contributed by atoms with E-state index in [1.807, 2.05) is 13.8 Å². The van der Waals surface area contributed by atoms with Crippen LogP contribution in [0.25, 0.3) is 0 Å². The van der Waals surface area contributed by atoms with Gasteiger partial charge < -0.3 is 18.9 Å². The van der Waals surface area contributed by atoms with Gasteiger partial charge in [-0.3, -0.25) is 9.52 Å². The van der Waals surface area contributed by atoms with Gasteiger partial charge in [0.1, 0.15) is 16.4 Å². The molecule has 1 fully saturated rings. The van der Waals surface area contributed by atoms with Gasteiger partial charge in [0.15, 0.2) is 0 Å². The molecule has 0 spiro atoms. The molecule has 8 nitrogen and oxygen atoms in total. The second-order valence-corrected chi connectivity index (χ2v) is 9.54. The molecule has 0 unspecified atom stereocenters. The van der Waals surface area contributed by atoms with Gasteiger partial charge >= 0.3 is 0 Å². The maximum Gasteiger partial charge on any atom is 0.264 e. The van der Waals surface area contributed by atoms with Crippen LogP contribution in [0.15, 0.2) is 23.1 Å². The quantitative estimate of drug-likeness (QED) is 0.642. The van der Waals surface area contributed by atoms with E-state index in [-0.39, 0.29) is 22.1 Å². The van der Waals surface area contributed by atoms with Crippen LogP contribution in [0.4, 0.5) is 5.69 Å². The zero-order valence-corrected chi connectivity index (χ0v) is 20.3. The monoisotopic (exact) mass is 463 g/mol. The molecule has 9 heteroatoms. The highest BCUT2D eigenvalue weighted by atomic mass is 32.2. The number of hydrogen-bond acceptors (Lipinski definition) is 5. The Morgan fingerprint density at radius 1 is 1.03 bits per heavy atom. The highest BCUT2D eigenvalue weighted by Crippen LogP contribution is 2.34. The van der Waals surface area contributed by atoms with Crippen LogP contribution in [-0.2, 0) is 17.1 Å². The smallest absolute Gasteiger partial charge is 0.264 e. The summed E-state index contributed by atoms with van der Waals surface area (Å²) in [5.41, 5.74) is 1.65. The second kappa shape index (κ2) is 9.85. The summed E-state index contributed by atoms with van der Waals surface area (Å²) in [5.74, 6) is 0.687. The van der Waals surface area contributed by atoms with Crippen LogP contribution in [0.5, 0.6) is 11.5 Å². The van der Waals surface area contributed by atoms with Crippen LogP contribution in [0, 0.1) is 13.8 Å². The molecule has 1 aliphatic rings. The lowest BCUT2D eigenvalue weighted by Crippen LogP contribution is -2.36. The van der Waals surface area contributed by atoms with E-state index >= 15 is 0 Å². The number of rotatable bonds is 8. The second-order valence-electron chi connectivity index (χ2n) is 7.92. The lowest BCUT2D eigenvalue weighted by molar-refractivity contribution is 0.0720. The Morgan fingerprint density at radius 2 is 1.69 bits per heavy atom. The topological polar surface area (TPSA) is 89.9 Å². The van der Waals surface area contributed by atoms with Crippen molar-refractivity contribution in [3.63, 3.8) is 0 Å². The first-order valence-corrected chi connectivity index (χ1v) is 12.6. The van der Waals surface area contributed by atoms with E-state index < -0.39 is 10.0 Å². The summed E-state index contributed by atoms with van der Waals surface area (Å²) in [6, 6.07) is 5.01. The Kier molecular flexibility index (Phi) is 7.38. The largest absolute Gasteiger partial charge is 0.494 e. The number of anilines is 1. The zero-order chi connectivity index (χ0) is 23.5. The number of nitrogens with one attached hydrogen (secondary N) is 1. The van der Waals surface area contributed by atoms with E-state index in [1.165, 1.54) is 0 Å². The molecule has 2 aromatic rings. The van der Waals surface area contributed by atoms with Crippen LogP contribution in [0.1, 0.15) is 54.9 Å². The van der Waals surface area contributed by atoms with E-state index in [4.69, 9.17) is 9.47 Å². The summed E-state index contributed by atoms with van der Waals surface area (Å²) in [6.07, 6.45) is 2.94. The van der Waals surface area contributed by atoms with Crippen molar-refractivity contribution >= 4 is 21.6 Å². The number of hydrogen-bond donors (Lipinski definition) is 1. The number of amides is 1. The summed E-state index contributed by atoms with van der Waals surface area (Å²) in [6.45, 7) is 9.30. The molecule has 1 N–H and O–H groups in total. The van der Waals surface area contributed by atoms with Crippen molar-refractivity contribution in [3.8, 4) is 11.5 Å². The summed E-state index contributed by atoms with van der Waals surface area (Å²) in [7, 11) is -2.31. The van der Waals surface area contributed by atoms with Gasteiger partial charge in [-0.1, -0.05) is 0 Å². The highest BCUT2D eigenvalue weighted by Gasteiger charge is 2.33. The Balaban J connectivity index is 2.07. The number of carbonyl (C=O) groups is 1. The maximum atomic E-state index is 13.6. The zero-order valence-electron chi connectivity index (χ0n) is 19.5. The Hall–Kier alpha value is -2.68. The number of sulfonamides is 1. The molecule has 0 radical (unpaired) electrons. The van der Waals surface area contributed by atoms with Gasteiger partial charge in [0, 0.05) is 37.6 Å². The predicted octanol–water partition coefficient (Wildman–Crippen LogP) is 3.87. The number of piperidine rings is 1. The first-order valence-electron chi connectivity index (χ1n) is 11.1. The SMILES string of the molecule is CCOc1ccc(OCC)c(NS(=O)(=O)c2c(C(=O)N3CCCCC3)c(C)n(C)c2C)c1. The highest BCUT2D eigenvalue weighted by molar-refractivity contribution is 7.92. The van der Waals surface area contributed by atoms with Gasteiger partial charge in [0.2, 0.25) is 0 Å². The number of aromatic nitrogens is 1. The van der Waals surface area contributed by atoms with Gasteiger partial charge in [0.05, 0.1) is 24.5 Å². The maximum absolute atomic E-state index is 13.6. The fraction of sp³-hybridized carbons (Fsp3) is 0.522. The lowest BCUT2D eigenvalue weighted by Gasteiger charge is -2.27. The van der Waals surface area contributed by atoms with Crippen molar-refractivity contribution in [2.75, 3.05) is 31.0 Å². The van der Waals surface area contributed by atoms with Crippen LogP contribution in [-0.4, -0.2) is 50.1 Å². The molecule has 32 heavy (non-hydrogen) atoms. The number of nitrogens with zero attached hydrogens (tertiary/aromatic N) is 2. The Labute approximate surface area is 190 Å². The third-order valence-corrected chi connectivity index (χ3v) is 7.38. The number of ether oxygens (including phenoxy) is 2. The summed E-state index contributed by atoms with van der Waals surface area (Å²) in [5, 5.41) is 0. The van der Waals surface area contributed by atoms with Gasteiger partial charge in [-0.25, -0.2) is 8.42 Å². The average Bonchev–Trinajstić information content (AvgIpc) is 3.00. The number of likely N-dealkylation sites (tertiary alicyclic amines) is 1. The first kappa shape index (κ1) is 24.0. The minimum absolute atomic E-state index is 0.0114. The van der Waals surface area contributed by atoms with Crippen molar-refractivity contribution in [1.29, 1.82) is 0 Å². The molecule has 176 valence electrons. The van der Waals surface area contributed by atoms with Gasteiger partial charge in [-0.05, 0) is 59.1 Å². The van der Waals surface area contributed by atoms with Gasteiger partial charge in [-0.15, -0.1) is 0 Å². The molecule has 1 aromatic heterocycles. The van der Waals surface area contributed by atoms with Crippen LogP contribution >= 0.6 is 0 Å². The standard InChI is InChI=1S/C23H33N3O5S/c1-6-30-18-11-12-20(31-7-2)19(15-18)24-32(28,29)22-17(4)25(5)16(3)21(22)23(27)26-13-9-8-10-14-26/h11-12,15,24H,6-10,13-14H2,1-5H3. The fourth-order valence-corrected chi connectivity index (χ4v) is 5.66. The van der Waals surface area contributed by atoms with Crippen molar-refractivity contribution in [1.82, 2.24) is 9.47 Å². The molecule has 0 atom stereocenters. The fourth-order valence-electron chi connectivity index (χ4n) is 4.08. The number of benzene rings is 1. The van der Waals surface area contributed by atoms with Crippen molar-refractivity contribution in [2.24, 2.45) is 7.05 Å². The molecule has 3 rings (SSSR count). The molecule has 1 saturated heterocycles. The van der Waals surface area contributed by atoms with Gasteiger partial charge in [-0.2, -0.15) is 0 Å². The molecule has 1 aliphatic heterocycles. The third-order valence-electron chi connectivity index (χ3n) is 5.86. The normalized spacial score (nSPS) is 14.3. The summed E-state index contributed by atoms with van der Waals surface area (Å²) in [4.78, 5) is 15.2. The minimum atomic E-state index is -4.09. The first-order chi connectivity index (χ1) is 15.2. The molecular weight excluding hydrogens is 430 g/mol. The van der Waals surface area contributed by atoms with Crippen LogP contribution in [0.3, 0.4) is 0 Å². The summed E-state index contributed by atoms with van der Waals surface area (Å²) >= 11 is 0. The average molecular weight is 464 g/mol. The lowest BCUT2D eigenvalue weighted by atomic mass is 10.1. The minimum Gasteiger partial charge on any atom is -0.494 e. The molecule has 2 heterocycles.